The number of halogens is 1. The predicted octanol–water partition coefficient (Wildman–Crippen LogP) is 4.46. The topological polar surface area (TPSA) is 49.7 Å². The number of benzene rings is 3. The summed E-state index contributed by atoms with van der Waals surface area (Å²) in [7, 11) is 0. The first-order valence-corrected chi connectivity index (χ1v) is 6.91. The SMILES string of the molecule is Oc1ccc2c(c1)COc1c-2cc2ccc(O)cc2c1Cl. The smallest absolute Gasteiger partial charge is 0.146 e. The number of rotatable bonds is 0. The number of ether oxygens (including phenoxy) is 1. The molecule has 0 aliphatic carbocycles. The Kier molecular flexibility index (Phi) is 2.53. The van der Waals surface area contributed by atoms with Gasteiger partial charge in [0.1, 0.15) is 23.9 Å². The number of phenols is 2. The summed E-state index contributed by atoms with van der Waals surface area (Å²) in [4.78, 5) is 0. The zero-order chi connectivity index (χ0) is 14.6. The summed E-state index contributed by atoms with van der Waals surface area (Å²) in [6, 6.07) is 12.3. The Bertz CT molecular complexity index is 887. The zero-order valence-corrected chi connectivity index (χ0v) is 11.7. The Morgan fingerprint density at radius 3 is 2.52 bits per heavy atom. The molecule has 4 rings (SSSR count). The fourth-order valence-electron chi connectivity index (χ4n) is 2.78. The first-order chi connectivity index (χ1) is 10.1. The van der Waals surface area contributed by atoms with E-state index in [4.69, 9.17) is 16.3 Å². The van der Waals surface area contributed by atoms with Crippen molar-refractivity contribution >= 4 is 22.4 Å². The third kappa shape index (κ3) is 1.82. The minimum atomic E-state index is 0.172. The Balaban J connectivity index is 2.06. The van der Waals surface area contributed by atoms with Crippen molar-refractivity contribution in [2.24, 2.45) is 0 Å². The van der Waals surface area contributed by atoms with E-state index in [2.05, 4.69) is 0 Å². The van der Waals surface area contributed by atoms with Crippen LogP contribution < -0.4 is 4.74 Å². The highest BCUT2D eigenvalue weighted by Crippen LogP contribution is 2.46. The lowest BCUT2D eigenvalue weighted by atomic mass is 9.94. The second kappa shape index (κ2) is 4.30. The fourth-order valence-corrected chi connectivity index (χ4v) is 3.10. The minimum absolute atomic E-state index is 0.172. The summed E-state index contributed by atoms with van der Waals surface area (Å²) in [6.45, 7) is 0.362. The lowest BCUT2D eigenvalue weighted by molar-refractivity contribution is 0.302. The molecule has 3 aromatic rings. The van der Waals surface area contributed by atoms with E-state index in [0.29, 0.717) is 17.4 Å². The van der Waals surface area contributed by atoms with Crippen molar-refractivity contribution in [3.8, 4) is 28.4 Å². The van der Waals surface area contributed by atoms with E-state index in [9.17, 15) is 10.2 Å². The average molecular weight is 299 g/mol. The molecule has 3 aromatic carbocycles. The van der Waals surface area contributed by atoms with Crippen LogP contribution in [-0.2, 0) is 6.61 Å². The van der Waals surface area contributed by atoms with Gasteiger partial charge >= 0.3 is 0 Å². The molecule has 0 radical (unpaired) electrons. The van der Waals surface area contributed by atoms with E-state index in [1.54, 1.807) is 24.3 Å². The lowest BCUT2D eigenvalue weighted by Gasteiger charge is -2.23. The molecule has 0 bridgehead atoms. The molecule has 1 aliphatic heterocycles. The van der Waals surface area contributed by atoms with E-state index in [0.717, 1.165) is 27.5 Å². The van der Waals surface area contributed by atoms with Gasteiger partial charge in [0.25, 0.3) is 0 Å². The van der Waals surface area contributed by atoms with Crippen molar-refractivity contribution in [1.29, 1.82) is 0 Å². The molecule has 104 valence electrons. The maximum absolute atomic E-state index is 9.62. The highest BCUT2D eigenvalue weighted by molar-refractivity contribution is 6.37. The number of fused-ring (bicyclic) bond motifs is 4. The van der Waals surface area contributed by atoms with E-state index < -0.39 is 0 Å². The number of hydrogen-bond acceptors (Lipinski definition) is 3. The van der Waals surface area contributed by atoms with Crippen molar-refractivity contribution in [3.05, 3.63) is 53.1 Å². The Morgan fingerprint density at radius 2 is 1.67 bits per heavy atom. The number of hydrogen-bond donors (Lipinski definition) is 2. The molecule has 0 spiro atoms. The molecule has 2 N–H and O–H groups in total. The molecule has 0 atom stereocenters. The number of aromatic hydroxyl groups is 2. The maximum Gasteiger partial charge on any atom is 0.146 e. The molecule has 4 heteroatoms. The van der Waals surface area contributed by atoms with Gasteiger partial charge in [-0.15, -0.1) is 0 Å². The predicted molar refractivity (Wildman–Crippen MR) is 82.1 cm³/mol. The van der Waals surface area contributed by atoms with Crippen molar-refractivity contribution in [2.45, 2.75) is 6.61 Å². The van der Waals surface area contributed by atoms with Crippen molar-refractivity contribution in [3.63, 3.8) is 0 Å². The normalized spacial score (nSPS) is 12.6. The molecular weight excluding hydrogens is 288 g/mol. The van der Waals surface area contributed by atoms with Gasteiger partial charge in [0.2, 0.25) is 0 Å². The maximum atomic E-state index is 9.62. The van der Waals surface area contributed by atoms with Gasteiger partial charge in [-0.2, -0.15) is 0 Å². The van der Waals surface area contributed by atoms with Crippen LogP contribution in [-0.4, -0.2) is 10.2 Å². The molecule has 0 aromatic heterocycles. The van der Waals surface area contributed by atoms with Crippen LogP contribution in [0.5, 0.6) is 17.2 Å². The van der Waals surface area contributed by atoms with Crippen molar-refractivity contribution < 1.29 is 14.9 Å². The second-order valence-electron chi connectivity index (χ2n) is 5.10. The average Bonchev–Trinajstić information content (AvgIpc) is 2.47. The summed E-state index contributed by atoms with van der Waals surface area (Å²) in [5.74, 6) is 1.01. The minimum Gasteiger partial charge on any atom is -0.508 e. The Morgan fingerprint density at radius 1 is 0.905 bits per heavy atom. The van der Waals surface area contributed by atoms with Gasteiger partial charge < -0.3 is 14.9 Å². The standard InChI is InChI=1S/C17H11ClO3/c18-16-14-7-12(20)2-1-9(14)6-15-13-4-3-11(19)5-10(13)8-21-17(15)16/h1-7,19-20H,8H2. The summed E-state index contributed by atoms with van der Waals surface area (Å²) in [5, 5.41) is 21.4. The molecule has 3 nitrogen and oxygen atoms in total. The van der Waals surface area contributed by atoms with Gasteiger partial charge in [-0.1, -0.05) is 23.7 Å². The summed E-state index contributed by atoms with van der Waals surface area (Å²) < 4.78 is 5.76. The number of phenolic OH excluding ortho intramolecular Hbond substituents is 2. The van der Waals surface area contributed by atoms with Gasteiger partial charge in [0, 0.05) is 16.5 Å². The van der Waals surface area contributed by atoms with E-state index in [-0.39, 0.29) is 11.5 Å². The van der Waals surface area contributed by atoms with Crippen molar-refractivity contribution in [1.82, 2.24) is 0 Å². The van der Waals surface area contributed by atoms with Gasteiger partial charge in [-0.05, 0) is 41.3 Å². The molecule has 0 amide bonds. The quantitative estimate of drug-likeness (QED) is 0.644. The first-order valence-electron chi connectivity index (χ1n) is 6.54. The largest absolute Gasteiger partial charge is 0.508 e. The van der Waals surface area contributed by atoms with Crippen LogP contribution in [0.3, 0.4) is 0 Å². The highest BCUT2D eigenvalue weighted by Gasteiger charge is 2.22. The zero-order valence-electron chi connectivity index (χ0n) is 10.9. The van der Waals surface area contributed by atoms with Gasteiger partial charge in [0.15, 0.2) is 0 Å². The molecular formula is C17H11ClO3. The second-order valence-corrected chi connectivity index (χ2v) is 5.48. The summed E-state index contributed by atoms with van der Waals surface area (Å²) in [6.07, 6.45) is 0. The van der Waals surface area contributed by atoms with Gasteiger partial charge in [-0.3, -0.25) is 0 Å². The molecule has 21 heavy (non-hydrogen) atoms. The van der Waals surface area contributed by atoms with E-state index in [1.807, 2.05) is 18.2 Å². The monoisotopic (exact) mass is 298 g/mol. The van der Waals surface area contributed by atoms with Crippen LogP contribution >= 0.6 is 11.6 Å². The Hall–Kier alpha value is -2.39. The van der Waals surface area contributed by atoms with E-state index >= 15 is 0 Å². The van der Waals surface area contributed by atoms with Crippen LogP contribution in [0, 0.1) is 0 Å². The highest BCUT2D eigenvalue weighted by atomic mass is 35.5. The molecule has 0 unspecified atom stereocenters. The summed E-state index contributed by atoms with van der Waals surface area (Å²) in [5.41, 5.74) is 2.84. The molecule has 0 fully saturated rings. The van der Waals surface area contributed by atoms with Crippen LogP contribution in [0.1, 0.15) is 5.56 Å². The van der Waals surface area contributed by atoms with Crippen LogP contribution in [0.2, 0.25) is 5.02 Å². The summed E-state index contributed by atoms with van der Waals surface area (Å²) >= 11 is 6.44. The third-order valence-electron chi connectivity index (χ3n) is 3.77. The third-order valence-corrected chi connectivity index (χ3v) is 4.14. The molecule has 0 saturated carbocycles. The van der Waals surface area contributed by atoms with Crippen LogP contribution in [0.15, 0.2) is 42.5 Å². The lowest BCUT2D eigenvalue weighted by Crippen LogP contribution is -2.06. The Labute approximate surface area is 126 Å². The van der Waals surface area contributed by atoms with Crippen LogP contribution in [0.4, 0.5) is 0 Å². The van der Waals surface area contributed by atoms with Gasteiger partial charge in [0.05, 0.1) is 5.02 Å². The van der Waals surface area contributed by atoms with Crippen LogP contribution in [0.25, 0.3) is 21.9 Å². The molecule has 1 aliphatic rings. The molecule has 0 saturated heterocycles. The fraction of sp³-hybridized carbons (Fsp3) is 0.0588. The van der Waals surface area contributed by atoms with E-state index in [1.165, 1.54) is 0 Å². The van der Waals surface area contributed by atoms with Crippen molar-refractivity contribution in [2.75, 3.05) is 0 Å². The first kappa shape index (κ1) is 12.4. The van der Waals surface area contributed by atoms with Gasteiger partial charge in [-0.25, -0.2) is 0 Å². The molecule has 1 heterocycles.